The van der Waals surface area contributed by atoms with Gasteiger partial charge in [-0.25, -0.2) is 9.97 Å². The van der Waals surface area contributed by atoms with Gasteiger partial charge < -0.3 is 10.6 Å². The Morgan fingerprint density at radius 3 is 2.61 bits per heavy atom. The van der Waals surface area contributed by atoms with Crippen LogP contribution in [0.2, 0.25) is 5.02 Å². The third-order valence-corrected chi connectivity index (χ3v) is 3.69. The maximum Gasteiger partial charge on any atom is 0.275 e. The average Bonchev–Trinajstić information content (AvgIpc) is 2.51. The van der Waals surface area contributed by atoms with Gasteiger partial charge in [-0.3, -0.25) is 4.79 Å². The van der Waals surface area contributed by atoms with Crippen molar-refractivity contribution in [1.29, 1.82) is 0 Å². The number of unbranched alkanes of at least 4 members (excludes halogenated alkanes) is 1. The van der Waals surface area contributed by atoms with Crippen LogP contribution in [0.1, 0.15) is 41.4 Å². The molecule has 1 heterocycles. The molecule has 6 heteroatoms. The molecular formula is C17H21ClN4O. The lowest BCUT2D eigenvalue weighted by Gasteiger charge is -2.11. The summed E-state index contributed by atoms with van der Waals surface area (Å²) in [5, 5.41) is 6.47. The van der Waals surface area contributed by atoms with Crippen LogP contribution in [0, 0.1) is 13.8 Å². The van der Waals surface area contributed by atoms with Gasteiger partial charge in [-0.15, -0.1) is 0 Å². The normalized spacial score (nSPS) is 10.4. The number of aromatic nitrogens is 2. The fraction of sp³-hybridized carbons (Fsp3) is 0.353. The number of anilines is 2. The van der Waals surface area contributed by atoms with Crippen molar-refractivity contribution in [3.05, 3.63) is 46.4 Å². The van der Waals surface area contributed by atoms with Gasteiger partial charge in [0.2, 0.25) is 0 Å². The Morgan fingerprint density at radius 2 is 2.00 bits per heavy atom. The molecule has 2 aromatic rings. The van der Waals surface area contributed by atoms with Crippen molar-refractivity contribution in [2.75, 3.05) is 17.2 Å². The summed E-state index contributed by atoms with van der Waals surface area (Å²) in [6, 6.07) is 3.78. The molecule has 5 nitrogen and oxygen atoms in total. The van der Waals surface area contributed by atoms with Crippen LogP contribution in [0.25, 0.3) is 0 Å². The van der Waals surface area contributed by atoms with E-state index < -0.39 is 0 Å². The molecule has 0 saturated heterocycles. The van der Waals surface area contributed by atoms with Gasteiger partial charge in [0, 0.05) is 6.54 Å². The molecule has 122 valence electrons. The first-order chi connectivity index (χ1) is 11.0. The van der Waals surface area contributed by atoms with Crippen molar-refractivity contribution in [2.45, 2.75) is 33.6 Å². The number of benzene rings is 1. The smallest absolute Gasteiger partial charge is 0.275 e. The zero-order valence-electron chi connectivity index (χ0n) is 13.6. The monoisotopic (exact) mass is 332 g/mol. The maximum atomic E-state index is 12.3. The number of carbonyl (C=O) groups is 1. The van der Waals surface area contributed by atoms with E-state index >= 15 is 0 Å². The molecular weight excluding hydrogens is 312 g/mol. The second kappa shape index (κ2) is 7.92. The summed E-state index contributed by atoms with van der Waals surface area (Å²) in [7, 11) is 0. The summed E-state index contributed by atoms with van der Waals surface area (Å²) in [5.41, 5.74) is 2.82. The van der Waals surface area contributed by atoms with Gasteiger partial charge in [-0.2, -0.15) is 0 Å². The first kappa shape index (κ1) is 17.2. The lowest BCUT2D eigenvalue weighted by Crippen LogP contribution is -2.15. The van der Waals surface area contributed by atoms with E-state index in [4.69, 9.17) is 11.6 Å². The fourth-order valence-corrected chi connectivity index (χ4v) is 2.55. The van der Waals surface area contributed by atoms with Crippen molar-refractivity contribution < 1.29 is 4.79 Å². The largest absolute Gasteiger partial charge is 0.369 e. The van der Waals surface area contributed by atoms with Crippen LogP contribution in [0.3, 0.4) is 0 Å². The standard InChI is InChI=1S/C17H21ClN4O/c1-4-5-6-19-15-10-20-14(9-21-15)17(23)22-16-12(3)7-11(2)8-13(16)18/h7-10H,4-6H2,1-3H3,(H,19,21)(H,22,23). The van der Waals surface area contributed by atoms with Crippen LogP contribution in [0.5, 0.6) is 0 Å². The highest BCUT2D eigenvalue weighted by atomic mass is 35.5. The van der Waals surface area contributed by atoms with Gasteiger partial charge in [0.05, 0.1) is 23.1 Å². The summed E-state index contributed by atoms with van der Waals surface area (Å²) >= 11 is 6.20. The predicted molar refractivity (Wildman–Crippen MR) is 94.3 cm³/mol. The number of aryl methyl sites for hydroxylation is 2. The first-order valence-corrected chi connectivity index (χ1v) is 8.03. The predicted octanol–water partition coefficient (Wildman–Crippen LogP) is 4.21. The fourth-order valence-electron chi connectivity index (χ4n) is 2.18. The van der Waals surface area contributed by atoms with E-state index in [0.29, 0.717) is 16.5 Å². The molecule has 0 unspecified atom stereocenters. The van der Waals surface area contributed by atoms with E-state index in [1.165, 1.54) is 6.20 Å². The lowest BCUT2D eigenvalue weighted by molar-refractivity contribution is 0.102. The molecule has 2 rings (SSSR count). The van der Waals surface area contributed by atoms with Crippen LogP contribution < -0.4 is 10.6 Å². The SMILES string of the molecule is CCCCNc1cnc(C(=O)Nc2c(C)cc(C)cc2Cl)cn1. The quantitative estimate of drug-likeness (QED) is 0.777. The van der Waals surface area contributed by atoms with Crippen LogP contribution in [0.4, 0.5) is 11.5 Å². The molecule has 1 amide bonds. The number of hydrogen-bond acceptors (Lipinski definition) is 4. The average molecular weight is 333 g/mol. The number of nitrogens with zero attached hydrogens (tertiary/aromatic N) is 2. The van der Waals surface area contributed by atoms with E-state index in [2.05, 4.69) is 27.5 Å². The minimum absolute atomic E-state index is 0.252. The van der Waals surface area contributed by atoms with Crippen molar-refractivity contribution in [3.8, 4) is 0 Å². The molecule has 0 saturated carbocycles. The molecule has 0 spiro atoms. The molecule has 0 aliphatic heterocycles. The Bertz CT molecular complexity index is 662. The summed E-state index contributed by atoms with van der Waals surface area (Å²) < 4.78 is 0. The van der Waals surface area contributed by atoms with Gasteiger partial charge in [0.15, 0.2) is 0 Å². The van der Waals surface area contributed by atoms with E-state index in [-0.39, 0.29) is 11.6 Å². The third kappa shape index (κ3) is 4.66. The van der Waals surface area contributed by atoms with Crippen molar-refractivity contribution in [3.63, 3.8) is 0 Å². The molecule has 0 aliphatic carbocycles. The highest BCUT2D eigenvalue weighted by Crippen LogP contribution is 2.27. The number of halogens is 1. The second-order valence-corrected chi connectivity index (χ2v) is 5.87. The summed E-state index contributed by atoms with van der Waals surface area (Å²) in [6.45, 7) is 6.83. The Hall–Kier alpha value is -2.14. The lowest BCUT2D eigenvalue weighted by atomic mass is 10.1. The summed E-state index contributed by atoms with van der Waals surface area (Å²) in [4.78, 5) is 20.6. The highest BCUT2D eigenvalue weighted by molar-refractivity contribution is 6.34. The molecule has 1 aromatic heterocycles. The molecule has 0 radical (unpaired) electrons. The van der Waals surface area contributed by atoms with Gasteiger partial charge in [0.25, 0.3) is 5.91 Å². The molecule has 23 heavy (non-hydrogen) atoms. The first-order valence-electron chi connectivity index (χ1n) is 7.65. The minimum atomic E-state index is -0.327. The third-order valence-electron chi connectivity index (χ3n) is 3.39. The minimum Gasteiger partial charge on any atom is -0.369 e. The summed E-state index contributed by atoms with van der Waals surface area (Å²) in [5.74, 6) is 0.339. The zero-order chi connectivity index (χ0) is 16.8. The summed E-state index contributed by atoms with van der Waals surface area (Å²) in [6.07, 6.45) is 5.20. The van der Waals surface area contributed by atoms with Gasteiger partial charge in [-0.05, 0) is 37.5 Å². The van der Waals surface area contributed by atoms with Crippen molar-refractivity contribution in [1.82, 2.24) is 9.97 Å². The van der Waals surface area contributed by atoms with E-state index in [0.717, 1.165) is 30.5 Å². The van der Waals surface area contributed by atoms with Crippen molar-refractivity contribution >= 4 is 29.0 Å². The number of carbonyl (C=O) groups excluding carboxylic acids is 1. The molecule has 0 aliphatic rings. The van der Waals surface area contributed by atoms with Gasteiger partial charge >= 0.3 is 0 Å². The van der Waals surface area contributed by atoms with Gasteiger partial charge in [-0.1, -0.05) is 31.0 Å². The second-order valence-electron chi connectivity index (χ2n) is 5.46. The van der Waals surface area contributed by atoms with Crippen LogP contribution in [-0.4, -0.2) is 22.4 Å². The molecule has 0 fully saturated rings. The number of nitrogens with one attached hydrogen (secondary N) is 2. The number of hydrogen-bond donors (Lipinski definition) is 2. The topological polar surface area (TPSA) is 66.9 Å². The van der Waals surface area contributed by atoms with Crippen molar-refractivity contribution in [2.24, 2.45) is 0 Å². The van der Waals surface area contributed by atoms with E-state index in [1.54, 1.807) is 6.20 Å². The molecule has 1 aromatic carbocycles. The Kier molecular flexibility index (Phi) is 5.93. The number of amides is 1. The van der Waals surface area contributed by atoms with E-state index in [9.17, 15) is 4.79 Å². The van der Waals surface area contributed by atoms with Crippen LogP contribution in [0.15, 0.2) is 24.5 Å². The maximum absolute atomic E-state index is 12.3. The molecule has 2 N–H and O–H groups in total. The van der Waals surface area contributed by atoms with Crippen LogP contribution >= 0.6 is 11.6 Å². The highest BCUT2D eigenvalue weighted by Gasteiger charge is 2.13. The Morgan fingerprint density at radius 1 is 1.22 bits per heavy atom. The Labute approximate surface area is 141 Å². The number of rotatable bonds is 6. The van der Waals surface area contributed by atoms with E-state index in [1.807, 2.05) is 26.0 Å². The van der Waals surface area contributed by atoms with Crippen LogP contribution in [-0.2, 0) is 0 Å². The van der Waals surface area contributed by atoms with Gasteiger partial charge in [0.1, 0.15) is 11.5 Å². The molecule has 0 atom stereocenters. The zero-order valence-corrected chi connectivity index (χ0v) is 14.4. The molecule has 0 bridgehead atoms. The Balaban J connectivity index is 2.06.